The van der Waals surface area contributed by atoms with E-state index in [1.807, 2.05) is 19.2 Å². The summed E-state index contributed by atoms with van der Waals surface area (Å²) in [6.45, 7) is 5.34. The van der Waals surface area contributed by atoms with Gasteiger partial charge in [0.15, 0.2) is 0 Å². The summed E-state index contributed by atoms with van der Waals surface area (Å²) in [4.78, 5) is 8.55. The molecule has 1 fully saturated rings. The lowest BCUT2D eigenvalue weighted by Gasteiger charge is -2.23. The molecule has 0 bridgehead atoms. The standard InChI is InChI=1S/C12H19N3/c1-10-5-8-13-11(15-10)14-9-12(2)6-3-4-7-12/h5,8H,3-4,6-7,9H2,1-2H3,(H,13,14,15). The Labute approximate surface area is 91.3 Å². The average Bonchev–Trinajstić information content (AvgIpc) is 2.63. The molecule has 0 atom stereocenters. The van der Waals surface area contributed by atoms with Crippen molar-refractivity contribution < 1.29 is 0 Å². The molecule has 3 heteroatoms. The Kier molecular flexibility index (Phi) is 2.89. The molecule has 1 heterocycles. The van der Waals surface area contributed by atoms with E-state index in [2.05, 4.69) is 22.2 Å². The molecule has 0 radical (unpaired) electrons. The van der Waals surface area contributed by atoms with Gasteiger partial charge in [-0.05, 0) is 31.2 Å². The molecule has 0 aliphatic heterocycles. The fourth-order valence-corrected chi connectivity index (χ4v) is 2.23. The van der Waals surface area contributed by atoms with Crippen LogP contribution >= 0.6 is 0 Å². The summed E-state index contributed by atoms with van der Waals surface area (Å²) in [5, 5.41) is 3.35. The molecule has 1 aromatic rings. The van der Waals surface area contributed by atoms with Crippen LogP contribution in [0.25, 0.3) is 0 Å². The summed E-state index contributed by atoms with van der Waals surface area (Å²) in [7, 11) is 0. The van der Waals surface area contributed by atoms with Crippen molar-refractivity contribution in [2.45, 2.75) is 39.5 Å². The van der Waals surface area contributed by atoms with Gasteiger partial charge < -0.3 is 5.32 Å². The van der Waals surface area contributed by atoms with Crippen molar-refractivity contribution >= 4 is 5.95 Å². The Balaban J connectivity index is 1.92. The maximum atomic E-state index is 4.34. The second-order valence-corrected chi connectivity index (χ2v) is 4.89. The number of nitrogens with one attached hydrogen (secondary N) is 1. The minimum Gasteiger partial charge on any atom is -0.354 e. The molecule has 15 heavy (non-hydrogen) atoms. The van der Waals surface area contributed by atoms with E-state index in [9.17, 15) is 0 Å². The summed E-state index contributed by atoms with van der Waals surface area (Å²) < 4.78 is 0. The number of aromatic nitrogens is 2. The topological polar surface area (TPSA) is 37.8 Å². The Morgan fingerprint density at radius 2 is 2.13 bits per heavy atom. The number of aryl methyl sites for hydroxylation is 1. The highest BCUT2D eigenvalue weighted by molar-refractivity contribution is 5.25. The van der Waals surface area contributed by atoms with E-state index < -0.39 is 0 Å². The van der Waals surface area contributed by atoms with Crippen LogP contribution in [0.3, 0.4) is 0 Å². The summed E-state index contributed by atoms with van der Waals surface area (Å²) >= 11 is 0. The Bertz CT molecular complexity index is 329. The highest BCUT2D eigenvalue weighted by atomic mass is 15.1. The fraction of sp³-hybridized carbons (Fsp3) is 0.667. The van der Waals surface area contributed by atoms with E-state index in [1.165, 1.54) is 25.7 Å². The Hall–Kier alpha value is -1.12. The molecule has 0 saturated heterocycles. The van der Waals surface area contributed by atoms with Gasteiger partial charge in [0, 0.05) is 18.4 Å². The van der Waals surface area contributed by atoms with Gasteiger partial charge in [-0.25, -0.2) is 9.97 Å². The molecule has 0 aromatic carbocycles. The van der Waals surface area contributed by atoms with Crippen LogP contribution in [0.15, 0.2) is 12.3 Å². The molecular weight excluding hydrogens is 186 g/mol. The lowest BCUT2D eigenvalue weighted by atomic mass is 9.89. The van der Waals surface area contributed by atoms with Gasteiger partial charge in [-0.1, -0.05) is 19.8 Å². The van der Waals surface area contributed by atoms with Crippen LogP contribution in [0, 0.1) is 12.3 Å². The van der Waals surface area contributed by atoms with Crippen LogP contribution in [-0.4, -0.2) is 16.5 Å². The summed E-state index contributed by atoms with van der Waals surface area (Å²) in [6, 6.07) is 1.92. The van der Waals surface area contributed by atoms with Crippen molar-refractivity contribution in [2.75, 3.05) is 11.9 Å². The minimum absolute atomic E-state index is 0.451. The fourth-order valence-electron chi connectivity index (χ4n) is 2.23. The van der Waals surface area contributed by atoms with Crippen LogP contribution < -0.4 is 5.32 Å². The number of anilines is 1. The van der Waals surface area contributed by atoms with E-state index in [-0.39, 0.29) is 0 Å². The van der Waals surface area contributed by atoms with Crippen molar-refractivity contribution in [3.8, 4) is 0 Å². The molecule has 1 saturated carbocycles. The quantitative estimate of drug-likeness (QED) is 0.824. The first-order valence-corrected chi connectivity index (χ1v) is 5.72. The summed E-state index contributed by atoms with van der Waals surface area (Å²) in [5.41, 5.74) is 1.47. The third-order valence-corrected chi connectivity index (χ3v) is 3.28. The first kappa shape index (κ1) is 10.4. The second kappa shape index (κ2) is 4.17. The molecular formula is C12H19N3. The van der Waals surface area contributed by atoms with Gasteiger partial charge in [0.2, 0.25) is 5.95 Å². The zero-order valence-corrected chi connectivity index (χ0v) is 9.58. The van der Waals surface area contributed by atoms with Crippen LogP contribution in [0.1, 0.15) is 38.3 Å². The summed E-state index contributed by atoms with van der Waals surface area (Å²) in [5.74, 6) is 0.767. The van der Waals surface area contributed by atoms with Crippen molar-refractivity contribution in [1.29, 1.82) is 0 Å². The molecule has 0 unspecified atom stereocenters. The van der Waals surface area contributed by atoms with Crippen molar-refractivity contribution in [1.82, 2.24) is 9.97 Å². The first-order chi connectivity index (χ1) is 7.18. The lowest BCUT2D eigenvalue weighted by Crippen LogP contribution is -2.23. The number of hydrogen-bond acceptors (Lipinski definition) is 3. The van der Waals surface area contributed by atoms with E-state index >= 15 is 0 Å². The molecule has 1 aromatic heterocycles. The molecule has 1 N–H and O–H groups in total. The van der Waals surface area contributed by atoms with Gasteiger partial charge in [-0.2, -0.15) is 0 Å². The Morgan fingerprint density at radius 1 is 1.40 bits per heavy atom. The maximum absolute atomic E-state index is 4.34. The van der Waals surface area contributed by atoms with Crippen LogP contribution in [0.4, 0.5) is 5.95 Å². The van der Waals surface area contributed by atoms with Crippen LogP contribution in [-0.2, 0) is 0 Å². The smallest absolute Gasteiger partial charge is 0.222 e. The zero-order chi connectivity index (χ0) is 10.7. The maximum Gasteiger partial charge on any atom is 0.222 e. The Morgan fingerprint density at radius 3 is 2.80 bits per heavy atom. The zero-order valence-electron chi connectivity index (χ0n) is 9.58. The van der Waals surface area contributed by atoms with Crippen molar-refractivity contribution in [2.24, 2.45) is 5.41 Å². The van der Waals surface area contributed by atoms with E-state index in [0.717, 1.165) is 18.2 Å². The second-order valence-electron chi connectivity index (χ2n) is 4.89. The highest BCUT2D eigenvalue weighted by Crippen LogP contribution is 2.37. The molecule has 1 aliphatic rings. The van der Waals surface area contributed by atoms with Crippen molar-refractivity contribution in [3.05, 3.63) is 18.0 Å². The average molecular weight is 205 g/mol. The van der Waals surface area contributed by atoms with Crippen LogP contribution in [0.5, 0.6) is 0 Å². The van der Waals surface area contributed by atoms with Gasteiger partial charge in [0.25, 0.3) is 0 Å². The van der Waals surface area contributed by atoms with Gasteiger partial charge in [-0.15, -0.1) is 0 Å². The molecule has 0 spiro atoms. The van der Waals surface area contributed by atoms with Gasteiger partial charge >= 0.3 is 0 Å². The monoisotopic (exact) mass is 205 g/mol. The first-order valence-electron chi connectivity index (χ1n) is 5.72. The summed E-state index contributed by atoms with van der Waals surface area (Å²) in [6.07, 6.45) is 7.19. The SMILES string of the molecule is Cc1ccnc(NCC2(C)CCCC2)n1. The van der Waals surface area contributed by atoms with Gasteiger partial charge in [0.1, 0.15) is 0 Å². The third-order valence-electron chi connectivity index (χ3n) is 3.28. The molecule has 1 aliphatic carbocycles. The number of hydrogen-bond donors (Lipinski definition) is 1. The molecule has 3 nitrogen and oxygen atoms in total. The van der Waals surface area contributed by atoms with E-state index in [1.54, 1.807) is 0 Å². The largest absolute Gasteiger partial charge is 0.354 e. The molecule has 2 rings (SSSR count). The molecule has 0 amide bonds. The lowest BCUT2D eigenvalue weighted by molar-refractivity contribution is 0.361. The predicted molar refractivity (Wildman–Crippen MR) is 61.8 cm³/mol. The number of nitrogens with zero attached hydrogens (tertiary/aromatic N) is 2. The molecule has 82 valence electrons. The normalized spacial score (nSPS) is 19.1. The highest BCUT2D eigenvalue weighted by Gasteiger charge is 2.28. The number of rotatable bonds is 3. The third kappa shape index (κ3) is 2.67. The van der Waals surface area contributed by atoms with E-state index in [0.29, 0.717) is 5.41 Å². The van der Waals surface area contributed by atoms with E-state index in [4.69, 9.17) is 0 Å². The van der Waals surface area contributed by atoms with Gasteiger partial charge in [-0.3, -0.25) is 0 Å². The van der Waals surface area contributed by atoms with Gasteiger partial charge in [0.05, 0.1) is 0 Å². The minimum atomic E-state index is 0.451. The van der Waals surface area contributed by atoms with Crippen molar-refractivity contribution in [3.63, 3.8) is 0 Å². The van der Waals surface area contributed by atoms with Crippen LogP contribution in [0.2, 0.25) is 0 Å². The predicted octanol–water partition coefficient (Wildman–Crippen LogP) is 2.78.